The molecule has 114 valence electrons. The van der Waals surface area contributed by atoms with Gasteiger partial charge in [-0.2, -0.15) is 0 Å². The molecule has 1 atom stereocenters. The molecule has 0 spiro atoms. The normalized spacial score (nSPS) is 13.2. The number of fused-ring (bicyclic) bond motifs is 1. The highest BCUT2D eigenvalue weighted by Gasteiger charge is 2.13. The molecule has 0 aliphatic rings. The molecule has 3 aromatic rings. The SMILES string of the molecule is C[C@@H](Nc1ncnc2ccsc12)c1cccc(S(N)(=O)=O)c1. The van der Waals surface area contributed by atoms with Crippen LogP contribution in [0, 0.1) is 0 Å². The number of nitrogens with two attached hydrogens (primary N) is 1. The lowest BCUT2D eigenvalue weighted by atomic mass is 10.1. The van der Waals surface area contributed by atoms with E-state index in [1.54, 1.807) is 23.5 Å². The van der Waals surface area contributed by atoms with Crippen molar-refractivity contribution in [3.8, 4) is 0 Å². The fraction of sp³-hybridized carbons (Fsp3) is 0.143. The number of hydrogen-bond acceptors (Lipinski definition) is 6. The third kappa shape index (κ3) is 2.94. The highest BCUT2D eigenvalue weighted by Crippen LogP contribution is 2.28. The fourth-order valence-electron chi connectivity index (χ4n) is 2.14. The second-order valence-electron chi connectivity index (χ2n) is 4.84. The van der Waals surface area contributed by atoms with Crippen LogP contribution < -0.4 is 10.5 Å². The van der Waals surface area contributed by atoms with E-state index in [0.29, 0.717) is 0 Å². The summed E-state index contributed by atoms with van der Waals surface area (Å²) < 4.78 is 23.9. The van der Waals surface area contributed by atoms with Gasteiger partial charge in [0.05, 0.1) is 21.2 Å². The first-order chi connectivity index (χ1) is 10.4. The van der Waals surface area contributed by atoms with Crippen LogP contribution in [0.4, 0.5) is 5.82 Å². The quantitative estimate of drug-likeness (QED) is 0.764. The van der Waals surface area contributed by atoms with Gasteiger partial charge in [-0.05, 0) is 36.1 Å². The summed E-state index contributed by atoms with van der Waals surface area (Å²) in [7, 11) is -3.71. The van der Waals surface area contributed by atoms with Crippen LogP contribution >= 0.6 is 11.3 Å². The molecule has 1 aromatic carbocycles. The maximum absolute atomic E-state index is 11.4. The molecule has 2 aromatic heterocycles. The predicted octanol–water partition coefficient (Wildman–Crippen LogP) is 2.51. The smallest absolute Gasteiger partial charge is 0.238 e. The summed E-state index contributed by atoms with van der Waals surface area (Å²) in [6, 6.07) is 8.38. The minimum Gasteiger partial charge on any atom is -0.362 e. The van der Waals surface area contributed by atoms with E-state index in [4.69, 9.17) is 5.14 Å². The summed E-state index contributed by atoms with van der Waals surface area (Å²) in [5.74, 6) is 0.730. The largest absolute Gasteiger partial charge is 0.362 e. The zero-order chi connectivity index (χ0) is 15.7. The Labute approximate surface area is 132 Å². The summed E-state index contributed by atoms with van der Waals surface area (Å²) in [5, 5.41) is 10.4. The molecule has 22 heavy (non-hydrogen) atoms. The molecule has 8 heteroatoms. The first kappa shape index (κ1) is 14.9. The van der Waals surface area contributed by atoms with Gasteiger partial charge in [0, 0.05) is 0 Å². The van der Waals surface area contributed by atoms with Gasteiger partial charge in [-0.3, -0.25) is 0 Å². The third-order valence-electron chi connectivity index (χ3n) is 3.28. The van der Waals surface area contributed by atoms with Crippen molar-refractivity contribution < 1.29 is 8.42 Å². The third-order valence-corrected chi connectivity index (χ3v) is 5.10. The van der Waals surface area contributed by atoms with E-state index < -0.39 is 10.0 Å². The molecule has 3 N–H and O–H groups in total. The van der Waals surface area contributed by atoms with E-state index in [2.05, 4.69) is 15.3 Å². The highest BCUT2D eigenvalue weighted by atomic mass is 32.2. The Hall–Kier alpha value is -2.03. The molecule has 0 aliphatic heterocycles. The lowest BCUT2D eigenvalue weighted by Gasteiger charge is -2.16. The Morgan fingerprint density at radius 3 is 2.86 bits per heavy atom. The van der Waals surface area contributed by atoms with Gasteiger partial charge >= 0.3 is 0 Å². The van der Waals surface area contributed by atoms with Crippen molar-refractivity contribution in [2.24, 2.45) is 5.14 Å². The van der Waals surface area contributed by atoms with Crippen LogP contribution in [0.2, 0.25) is 0 Å². The number of nitrogens with zero attached hydrogens (tertiary/aromatic N) is 2. The van der Waals surface area contributed by atoms with Crippen LogP contribution in [-0.2, 0) is 10.0 Å². The van der Waals surface area contributed by atoms with Gasteiger partial charge in [0.15, 0.2) is 0 Å². The molecule has 3 rings (SSSR count). The number of sulfonamides is 1. The van der Waals surface area contributed by atoms with Crippen molar-refractivity contribution >= 4 is 37.4 Å². The first-order valence-electron chi connectivity index (χ1n) is 6.52. The second kappa shape index (κ2) is 5.64. The zero-order valence-corrected chi connectivity index (χ0v) is 13.4. The minimum atomic E-state index is -3.71. The Bertz CT molecular complexity index is 921. The Morgan fingerprint density at radius 1 is 1.27 bits per heavy atom. The summed E-state index contributed by atoms with van der Waals surface area (Å²) in [6.45, 7) is 1.93. The van der Waals surface area contributed by atoms with Gasteiger partial charge in [-0.15, -0.1) is 11.3 Å². The van der Waals surface area contributed by atoms with E-state index in [1.807, 2.05) is 24.4 Å². The average Bonchev–Trinajstić information content (AvgIpc) is 2.96. The number of aromatic nitrogens is 2. The summed E-state index contributed by atoms with van der Waals surface area (Å²) in [5.41, 5.74) is 1.70. The van der Waals surface area contributed by atoms with Crippen molar-refractivity contribution in [2.75, 3.05) is 5.32 Å². The van der Waals surface area contributed by atoms with E-state index in [1.165, 1.54) is 12.4 Å². The van der Waals surface area contributed by atoms with E-state index >= 15 is 0 Å². The summed E-state index contributed by atoms with van der Waals surface area (Å²) in [4.78, 5) is 8.55. The van der Waals surface area contributed by atoms with E-state index in [0.717, 1.165) is 21.6 Å². The maximum atomic E-state index is 11.4. The average molecular weight is 334 g/mol. The number of thiophene rings is 1. The van der Waals surface area contributed by atoms with E-state index in [9.17, 15) is 8.42 Å². The van der Waals surface area contributed by atoms with Gasteiger partial charge < -0.3 is 5.32 Å². The molecule has 0 bridgehead atoms. The highest BCUT2D eigenvalue weighted by molar-refractivity contribution is 7.89. The van der Waals surface area contributed by atoms with Gasteiger partial charge in [-0.1, -0.05) is 12.1 Å². The second-order valence-corrected chi connectivity index (χ2v) is 7.32. The molecule has 0 saturated heterocycles. The molecule has 0 aliphatic carbocycles. The Balaban J connectivity index is 1.92. The summed E-state index contributed by atoms with van der Waals surface area (Å²) >= 11 is 1.56. The van der Waals surface area contributed by atoms with Crippen LogP contribution in [0.3, 0.4) is 0 Å². The topological polar surface area (TPSA) is 98.0 Å². The Morgan fingerprint density at radius 2 is 2.09 bits per heavy atom. The van der Waals surface area contributed by atoms with Crippen molar-refractivity contribution in [1.82, 2.24) is 9.97 Å². The zero-order valence-electron chi connectivity index (χ0n) is 11.7. The number of anilines is 1. The molecule has 0 amide bonds. The van der Waals surface area contributed by atoms with Crippen LogP contribution in [0.1, 0.15) is 18.5 Å². The van der Waals surface area contributed by atoms with Gasteiger partial charge in [-0.25, -0.2) is 23.5 Å². The molecule has 0 saturated carbocycles. The van der Waals surface area contributed by atoms with Gasteiger partial charge in [0.25, 0.3) is 0 Å². The fourth-order valence-corrected chi connectivity index (χ4v) is 3.51. The molecule has 2 heterocycles. The van der Waals surface area contributed by atoms with Crippen molar-refractivity contribution in [2.45, 2.75) is 17.9 Å². The molecular weight excluding hydrogens is 320 g/mol. The van der Waals surface area contributed by atoms with Crippen LogP contribution in [0.25, 0.3) is 10.2 Å². The lowest BCUT2D eigenvalue weighted by molar-refractivity contribution is 0.597. The van der Waals surface area contributed by atoms with Crippen LogP contribution in [0.15, 0.2) is 46.9 Å². The maximum Gasteiger partial charge on any atom is 0.238 e. The van der Waals surface area contributed by atoms with Crippen LogP contribution in [-0.4, -0.2) is 18.4 Å². The van der Waals surface area contributed by atoms with Gasteiger partial charge in [0.1, 0.15) is 12.1 Å². The number of primary sulfonamides is 1. The van der Waals surface area contributed by atoms with Crippen molar-refractivity contribution in [1.29, 1.82) is 0 Å². The monoisotopic (exact) mass is 334 g/mol. The number of nitrogens with one attached hydrogen (secondary N) is 1. The lowest BCUT2D eigenvalue weighted by Crippen LogP contribution is -2.14. The van der Waals surface area contributed by atoms with Crippen molar-refractivity contribution in [3.63, 3.8) is 0 Å². The first-order valence-corrected chi connectivity index (χ1v) is 8.95. The molecule has 0 fully saturated rings. The molecule has 0 radical (unpaired) electrons. The summed E-state index contributed by atoms with van der Waals surface area (Å²) in [6.07, 6.45) is 1.50. The van der Waals surface area contributed by atoms with E-state index in [-0.39, 0.29) is 10.9 Å². The van der Waals surface area contributed by atoms with Crippen LogP contribution in [0.5, 0.6) is 0 Å². The molecular formula is C14H14N4O2S2. The Kier molecular flexibility index (Phi) is 3.81. The molecule has 6 nitrogen and oxygen atoms in total. The standard InChI is InChI=1S/C14H14N4O2S2/c1-9(10-3-2-4-11(7-10)22(15,19)20)18-14-13-12(5-6-21-13)16-8-17-14/h2-9H,1H3,(H2,15,19,20)(H,16,17,18)/t9-/m1/s1. The predicted molar refractivity (Wildman–Crippen MR) is 87.3 cm³/mol. The van der Waals surface area contributed by atoms with Gasteiger partial charge in [0.2, 0.25) is 10.0 Å². The number of hydrogen-bond donors (Lipinski definition) is 2. The number of benzene rings is 1. The van der Waals surface area contributed by atoms with Crippen molar-refractivity contribution in [3.05, 3.63) is 47.6 Å². The molecule has 0 unspecified atom stereocenters. The number of rotatable bonds is 4. The minimum absolute atomic E-state index is 0.0996.